The van der Waals surface area contributed by atoms with Crippen LogP contribution in [0, 0.1) is 11.3 Å². The van der Waals surface area contributed by atoms with Gasteiger partial charge in [-0.05, 0) is 32.3 Å². The minimum atomic E-state index is -1.29. The van der Waals surface area contributed by atoms with Crippen LogP contribution in [0.4, 0.5) is 0 Å². The smallest absolute Gasteiger partial charge is 0.346 e. The van der Waals surface area contributed by atoms with Crippen molar-refractivity contribution in [3.05, 3.63) is 27.7 Å². The van der Waals surface area contributed by atoms with E-state index in [-0.39, 0.29) is 5.57 Å². The van der Waals surface area contributed by atoms with Gasteiger partial charge in [0.2, 0.25) is 0 Å². The van der Waals surface area contributed by atoms with E-state index in [0.717, 1.165) is 0 Å². The van der Waals surface area contributed by atoms with Gasteiger partial charge in [0.25, 0.3) is 0 Å². The monoisotopic (exact) mass is 368 g/mol. The second-order valence-corrected chi connectivity index (χ2v) is 5.57. The molecule has 0 fully saturated rings. The van der Waals surface area contributed by atoms with Crippen molar-refractivity contribution in [1.29, 1.82) is 5.26 Å². The van der Waals surface area contributed by atoms with Crippen molar-refractivity contribution < 1.29 is 19.4 Å². The quantitative estimate of drug-likeness (QED) is 0.587. The molecule has 0 radical (unpaired) electrons. The van der Waals surface area contributed by atoms with E-state index in [4.69, 9.17) is 19.8 Å². The molecule has 0 spiro atoms. The molecule has 0 aromatic heterocycles. The number of methoxy groups -OCH3 is 1. The SMILES string of the molecule is COc1cc(Br)cc(C=C(C#N)C(=O)O)c1OCCN(C)C. The van der Waals surface area contributed by atoms with Crippen LogP contribution in [0.1, 0.15) is 5.56 Å². The van der Waals surface area contributed by atoms with Crippen LogP contribution in [0.2, 0.25) is 0 Å². The van der Waals surface area contributed by atoms with Crippen LogP contribution in [0.15, 0.2) is 22.2 Å². The average molecular weight is 369 g/mol. The van der Waals surface area contributed by atoms with Crippen LogP contribution in [0.3, 0.4) is 0 Å². The molecule has 22 heavy (non-hydrogen) atoms. The lowest BCUT2D eigenvalue weighted by Gasteiger charge is -2.16. The summed E-state index contributed by atoms with van der Waals surface area (Å²) in [5, 5.41) is 17.9. The topological polar surface area (TPSA) is 82.8 Å². The average Bonchev–Trinajstić information content (AvgIpc) is 2.45. The first-order chi connectivity index (χ1) is 10.4. The van der Waals surface area contributed by atoms with E-state index < -0.39 is 5.97 Å². The molecular formula is C15H17BrN2O4. The van der Waals surface area contributed by atoms with Crippen LogP contribution in [-0.4, -0.2) is 50.3 Å². The first kappa shape index (κ1) is 18.0. The summed E-state index contributed by atoms with van der Waals surface area (Å²) in [5.74, 6) is -0.427. The molecule has 6 nitrogen and oxygen atoms in total. The summed E-state index contributed by atoms with van der Waals surface area (Å²) in [6.07, 6.45) is 1.26. The molecule has 0 unspecified atom stereocenters. The second kappa shape index (κ2) is 8.41. The van der Waals surface area contributed by atoms with Crippen molar-refractivity contribution in [1.82, 2.24) is 4.90 Å². The molecule has 0 aliphatic carbocycles. The molecule has 1 rings (SSSR count). The first-order valence-corrected chi connectivity index (χ1v) is 7.18. The van der Waals surface area contributed by atoms with Crippen LogP contribution in [-0.2, 0) is 4.79 Å². The Kier molecular flexibility index (Phi) is 6.89. The molecule has 1 N–H and O–H groups in total. The Morgan fingerprint density at radius 2 is 2.18 bits per heavy atom. The van der Waals surface area contributed by atoms with E-state index in [1.54, 1.807) is 18.2 Å². The predicted molar refractivity (Wildman–Crippen MR) is 86.0 cm³/mol. The van der Waals surface area contributed by atoms with Gasteiger partial charge in [0, 0.05) is 16.6 Å². The molecule has 1 aromatic carbocycles. The van der Waals surface area contributed by atoms with Gasteiger partial charge in [0.1, 0.15) is 18.2 Å². The number of carboxylic acid groups (broad SMARTS) is 1. The van der Waals surface area contributed by atoms with Gasteiger partial charge in [-0.1, -0.05) is 15.9 Å². The zero-order valence-corrected chi connectivity index (χ0v) is 14.2. The summed E-state index contributed by atoms with van der Waals surface area (Å²) >= 11 is 3.32. The number of hydrogen-bond donors (Lipinski definition) is 1. The fourth-order valence-corrected chi connectivity index (χ4v) is 2.08. The number of benzene rings is 1. The minimum Gasteiger partial charge on any atom is -0.493 e. The number of halogens is 1. The van der Waals surface area contributed by atoms with Crippen LogP contribution in [0.25, 0.3) is 6.08 Å². The van der Waals surface area contributed by atoms with Gasteiger partial charge in [-0.3, -0.25) is 0 Å². The molecule has 118 valence electrons. The van der Waals surface area contributed by atoms with Gasteiger partial charge < -0.3 is 19.5 Å². The standard InChI is InChI=1S/C15H17BrN2O4/c1-18(2)4-5-22-14-10(6-11(9-17)15(19)20)7-12(16)8-13(14)21-3/h6-8H,4-5H2,1-3H3,(H,19,20). The lowest BCUT2D eigenvalue weighted by molar-refractivity contribution is -0.132. The van der Waals surface area contributed by atoms with E-state index in [2.05, 4.69) is 15.9 Å². The molecule has 0 aliphatic rings. The van der Waals surface area contributed by atoms with Gasteiger partial charge in [-0.25, -0.2) is 4.79 Å². The van der Waals surface area contributed by atoms with E-state index in [1.807, 2.05) is 19.0 Å². The zero-order chi connectivity index (χ0) is 16.7. The van der Waals surface area contributed by atoms with E-state index in [9.17, 15) is 4.79 Å². The summed E-state index contributed by atoms with van der Waals surface area (Å²) in [7, 11) is 5.33. The fraction of sp³-hybridized carbons (Fsp3) is 0.333. The van der Waals surface area contributed by atoms with Gasteiger partial charge in [-0.15, -0.1) is 0 Å². The normalized spacial score (nSPS) is 11.2. The van der Waals surface area contributed by atoms with Crippen molar-refractivity contribution in [2.45, 2.75) is 0 Å². The predicted octanol–water partition coefficient (Wildman–Crippen LogP) is 2.39. The highest BCUT2D eigenvalue weighted by Crippen LogP contribution is 2.36. The van der Waals surface area contributed by atoms with Crippen molar-refractivity contribution in [2.75, 3.05) is 34.4 Å². The van der Waals surface area contributed by atoms with Gasteiger partial charge in [-0.2, -0.15) is 5.26 Å². The summed E-state index contributed by atoms with van der Waals surface area (Å²) in [5.41, 5.74) is 0.0848. The highest BCUT2D eigenvalue weighted by Gasteiger charge is 2.14. The van der Waals surface area contributed by atoms with Crippen molar-refractivity contribution >= 4 is 28.0 Å². The Morgan fingerprint density at radius 3 is 2.68 bits per heavy atom. The molecular weight excluding hydrogens is 352 g/mol. The van der Waals surface area contributed by atoms with Crippen molar-refractivity contribution in [3.8, 4) is 17.6 Å². The van der Waals surface area contributed by atoms with E-state index in [0.29, 0.717) is 34.7 Å². The van der Waals surface area contributed by atoms with Crippen molar-refractivity contribution in [3.63, 3.8) is 0 Å². The Bertz CT molecular complexity index is 621. The number of ether oxygens (including phenoxy) is 2. The zero-order valence-electron chi connectivity index (χ0n) is 12.6. The third-order valence-corrected chi connectivity index (χ3v) is 3.16. The van der Waals surface area contributed by atoms with Gasteiger partial charge >= 0.3 is 5.97 Å². The Morgan fingerprint density at radius 1 is 1.50 bits per heavy atom. The van der Waals surface area contributed by atoms with Crippen LogP contribution < -0.4 is 9.47 Å². The number of likely N-dealkylation sites (N-methyl/N-ethyl adjacent to an activating group) is 1. The van der Waals surface area contributed by atoms with Gasteiger partial charge in [0.15, 0.2) is 11.5 Å². The highest BCUT2D eigenvalue weighted by molar-refractivity contribution is 9.10. The van der Waals surface area contributed by atoms with Crippen LogP contribution >= 0.6 is 15.9 Å². The van der Waals surface area contributed by atoms with Crippen molar-refractivity contribution in [2.24, 2.45) is 0 Å². The summed E-state index contributed by atoms with van der Waals surface area (Å²) in [6, 6.07) is 5.04. The number of rotatable bonds is 7. The number of nitrogens with zero attached hydrogens (tertiary/aromatic N) is 2. The van der Waals surface area contributed by atoms with Gasteiger partial charge in [0.05, 0.1) is 7.11 Å². The second-order valence-electron chi connectivity index (χ2n) is 4.65. The molecule has 0 aliphatic heterocycles. The molecule has 0 amide bonds. The Balaban J connectivity index is 3.26. The third-order valence-electron chi connectivity index (χ3n) is 2.70. The molecule has 0 saturated heterocycles. The number of aliphatic carboxylic acids is 1. The maximum Gasteiger partial charge on any atom is 0.346 e. The van der Waals surface area contributed by atoms with E-state index in [1.165, 1.54) is 13.2 Å². The molecule has 0 saturated carbocycles. The molecule has 0 atom stereocenters. The van der Waals surface area contributed by atoms with E-state index >= 15 is 0 Å². The third kappa shape index (κ3) is 5.06. The largest absolute Gasteiger partial charge is 0.493 e. The number of nitriles is 1. The Labute approximate surface area is 137 Å². The fourth-order valence-electron chi connectivity index (χ4n) is 1.63. The van der Waals surface area contributed by atoms with Crippen LogP contribution in [0.5, 0.6) is 11.5 Å². The number of carbonyl (C=O) groups is 1. The molecule has 1 aromatic rings. The lowest BCUT2D eigenvalue weighted by Crippen LogP contribution is -2.19. The Hall–Kier alpha value is -2.04. The molecule has 7 heteroatoms. The number of hydrogen-bond acceptors (Lipinski definition) is 5. The maximum absolute atomic E-state index is 11.0. The highest BCUT2D eigenvalue weighted by atomic mass is 79.9. The lowest BCUT2D eigenvalue weighted by atomic mass is 10.1. The summed E-state index contributed by atoms with van der Waals surface area (Å²) in [6.45, 7) is 1.09. The first-order valence-electron chi connectivity index (χ1n) is 6.39. The maximum atomic E-state index is 11.0. The molecule has 0 heterocycles. The summed E-state index contributed by atoms with van der Waals surface area (Å²) in [4.78, 5) is 13.0. The minimum absolute atomic E-state index is 0.377. The number of carboxylic acids is 1. The molecule has 0 bridgehead atoms. The summed E-state index contributed by atoms with van der Waals surface area (Å²) < 4.78 is 11.7.